The van der Waals surface area contributed by atoms with Gasteiger partial charge in [0.15, 0.2) is 11.8 Å². The molecular weight excluding hydrogens is 864 g/mol. The molecule has 0 radical (unpaired) electrons. The highest BCUT2D eigenvalue weighted by Gasteiger charge is 2.63. The number of ketones is 1. The molecule has 15 nitrogen and oxygen atoms in total. The number of amides is 5. The van der Waals surface area contributed by atoms with Gasteiger partial charge in [-0.15, -0.1) is 18.2 Å². The fourth-order valence-electron chi connectivity index (χ4n) is 9.20. The molecule has 3 saturated heterocycles. The van der Waals surface area contributed by atoms with Crippen LogP contribution in [0.15, 0.2) is 35.9 Å². The van der Waals surface area contributed by atoms with Crippen LogP contribution < -0.4 is 15.0 Å². The molecule has 4 aliphatic rings. The average Bonchev–Trinajstić information content (AvgIpc) is 3.87. The number of allylic oxidation sites excluding steroid dienone is 3. The lowest BCUT2D eigenvalue weighted by Gasteiger charge is -2.42. The summed E-state index contributed by atoms with van der Waals surface area (Å²) in [6.07, 6.45) is 10.3. The third kappa shape index (κ3) is 10.7. The van der Waals surface area contributed by atoms with E-state index in [0.717, 1.165) is 17.6 Å². The second-order valence-electron chi connectivity index (χ2n) is 17.5. The molecular formula is C47H61ClN4O11S. The van der Waals surface area contributed by atoms with Gasteiger partial charge in [0.2, 0.25) is 23.6 Å². The van der Waals surface area contributed by atoms with Gasteiger partial charge in [-0.3, -0.25) is 28.9 Å². The van der Waals surface area contributed by atoms with Crippen LogP contribution >= 0.6 is 23.4 Å². The quantitative estimate of drug-likeness (QED) is 0.108. The van der Waals surface area contributed by atoms with Crippen LogP contribution in [0.25, 0.3) is 0 Å². The maximum atomic E-state index is 14.4. The maximum absolute atomic E-state index is 14.4. The molecule has 348 valence electrons. The summed E-state index contributed by atoms with van der Waals surface area (Å²) < 4.78 is 23.6. The number of fused-ring (bicyclic) bond motifs is 5. The fourth-order valence-corrected chi connectivity index (χ4v) is 10.6. The molecule has 0 aliphatic carbocycles. The maximum Gasteiger partial charge on any atom is 0.408 e. The van der Waals surface area contributed by atoms with E-state index >= 15 is 0 Å². The molecule has 0 spiro atoms. The Labute approximate surface area is 385 Å². The van der Waals surface area contributed by atoms with Gasteiger partial charge in [0.05, 0.1) is 29.8 Å². The van der Waals surface area contributed by atoms with Crippen molar-refractivity contribution in [2.24, 2.45) is 11.8 Å². The van der Waals surface area contributed by atoms with Gasteiger partial charge < -0.3 is 38.9 Å². The number of halogens is 1. The van der Waals surface area contributed by atoms with Crippen molar-refractivity contribution in [1.29, 1.82) is 0 Å². The molecule has 1 N–H and O–H groups in total. The Kier molecular flexibility index (Phi) is 16.6. The zero-order valence-electron chi connectivity index (χ0n) is 38.1. The number of methoxy groups -OCH3 is 2. The highest BCUT2D eigenvalue weighted by atomic mass is 35.5. The molecule has 3 fully saturated rings. The lowest BCUT2D eigenvalue weighted by Crippen LogP contribution is -2.64. The molecule has 0 aromatic heterocycles. The first-order chi connectivity index (χ1) is 30.3. The highest BCUT2D eigenvalue weighted by Crippen LogP contribution is 2.52. The largest absolute Gasteiger partial charge is 0.495 e. The number of imide groups is 1. The average molecular weight is 926 g/mol. The standard InChI is InChI=1S/C47H61ClN4O11S/c1-11-14-28(4)52-41(57)24-37(44(52)58)64-18-17-39(55)50(7)32(12-2)34(54)22-31-23-40(56)51(8)33-20-30(21-35(60-9)42(33)48)19-27(3)15-13-16-38(61-10)47(26-53)25-36(62-45(59)49-47)29(5)43-46(31,6)63-43/h2,13,15-16,20-21,26,28-29,31-32,36-38,43H,11,14,17-19,22-25H2,1,3-10H3,(H,49,59)/b16-13+,27-15+/t28?,29-,31+,32+,36?,37?,38-,43+,46+,47+/m1/s1. The van der Waals surface area contributed by atoms with Crippen molar-refractivity contribution in [2.45, 2.75) is 133 Å². The van der Waals surface area contributed by atoms with Gasteiger partial charge in [0.1, 0.15) is 34.8 Å². The van der Waals surface area contributed by atoms with Gasteiger partial charge in [-0.1, -0.05) is 61.6 Å². The van der Waals surface area contributed by atoms with E-state index in [-0.39, 0.29) is 60.7 Å². The zero-order valence-corrected chi connectivity index (χ0v) is 39.7. The molecule has 0 saturated carbocycles. The highest BCUT2D eigenvalue weighted by molar-refractivity contribution is 8.00. The van der Waals surface area contributed by atoms with E-state index in [4.69, 9.17) is 37.0 Å². The van der Waals surface area contributed by atoms with Crippen LogP contribution in [-0.4, -0.2) is 132 Å². The summed E-state index contributed by atoms with van der Waals surface area (Å²) in [6.45, 7) is 9.35. The summed E-state index contributed by atoms with van der Waals surface area (Å²) in [5.74, 6) is -0.107. The molecule has 1 aromatic carbocycles. The van der Waals surface area contributed by atoms with Gasteiger partial charge in [0.25, 0.3) is 0 Å². The third-order valence-corrected chi connectivity index (χ3v) is 14.7. The number of likely N-dealkylation sites (N-methyl/N-ethyl adjacent to an activating group) is 1. The van der Waals surface area contributed by atoms with Crippen molar-refractivity contribution in [1.82, 2.24) is 15.1 Å². The molecule has 4 bridgehead atoms. The van der Waals surface area contributed by atoms with E-state index in [0.29, 0.717) is 30.6 Å². The number of hydrogen-bond acceptors (Lipinski definition) is 12. The Morgan fingerprint density at radius 3 is 2.55 bits per heavy atom. The van der Waals surface area contributed by atoms with E-state index in [2.05, 4.69) is 11.2 Å². The molecule has 64 heavy (non-hydrogen) atoms. The Bertz CT molecular complexity index is 2110. The Balaban J connectivity index is 1.42. The van der Waals surface area contributed by atoms with E-state index < -0.39 is 76.3 Å². The number of aldehydes is 1. The van der Waals surface area contributed by atoms with Crippen LogP contribution in [-0.2, 0) is 49.4 Å². The Morgan fingerprint density at radius 1 is 1.19 bits per heavy atom. The van der Waals surface area contributed by atoms with Crippen molar-refractivity contribution in [3.8, 4) is 18.1 Å². The number of nitrogens with zero attached hydrogens (tertiary/aromatic N) is 3. The monoisotopic (exact) mass is 924 g/mol. The van der Waals surface area contributed by atoms with Gasteiger partial charge in [-0.05, 0) is 51.3 Å². The molecule has 17 heteroatoms. The fraction of sp³-hybridized carbons (Fsp3) is 0.596. The number of carbonyl (C=O) groups excluding carboxylic acids is 7. The molecule has 10 atom stereocenters. The molecule has 5 rings (SSSR count). The molecule has 4 heterocycles. The number of carbonyl (C=O) groups is 7. The number of anilines is 1. The number of ether oxygens (including phenoxy) is 4. The van der Waals surface area contributed by atoms with Gasteiger partial charge in [-0.25, -0.2) is 4.79 Å². The normalized spacial score (nSPS) is 30.7. The SMILES string of the molecule is C#C[C@@H](C(=O)C[C@H]1CC(=O)N(C)c2cc(cc(OC)c2Cl)C/C(C)=C/C=C/[C@@H](OC)[C@@]2(C=O)CC(OC(=O)N2)[C@@H](C)[C@@H]2O[C@@]12C)N(C)C(=O)CCSC1CC(=O)N(C(C)CCC)C1=O. The second-order valence-corrected chi connectivity index (χ2v) is 19.2. The molecule has 5 amide bonds. The number of nitrogens with one attached hydrogen (secondary N) is 1. The van der Waals surface area contributed by atoms with Crippen LogP contribution in [0, 0.1) is 24.2 Å². The third-order valence-electron chi connectivity index (χ3n) is 13.1. The van der Waals surface area contributed by atoms with Crippen molar-refractivity contribution in [2.75, 3.05) is 39.0 Å². The van der Waals surface area contributed by atoms with Gasteiger partial charge in [-0.2, -0.15) is 0 Å². The van der Waals surface area contributed by atoms with Crippen LogP contribution in [0.2, 0.25) is 5.02 Å². The number of terminal acetylenes is 1. The zero-order chi connectivity index (χ0) is 47.3. The smallest absolute Gasteiger partial charge is 0.408 e. The summed E-state index contributed by atoms with van der Waals surface area (Å²) in [7, 11) is 5.95. The number of rotatable bonds is 14. The lowest BCUT2D eigenvalue weighted by molar-refractivity contribution is -0.140. The van der Waals surface area contributed by atoms with Crippen LogP contribution in [0.1, 0.15) is 85.1 Å². The Hall–Kier alpha value is -4.69. The van der Waals surface area contributed by atoms with E-state index in [9.17, 15) is 33.6 Å². The van der Waals surface area contributed by atoms with Crippen LogP contribution in [0.5, 0.6) is 5.75 Å². The number of thioether (sulfide) groups is 1. The van der Waals surface area contributed by atoms with E-state index in [1.54, 1.807) is 38.3 Å². The summed E-state index contributed by atoms with van der Waals surface area (Å²) >= 11 is 8.06. The van der Waals surface area contributed by atoms with Crippen molar-refractivity contribution < 1.29 is 52.5 Å². The van der Waals surface area contributed by atoms with Crippen molar-refractivity contribution in [3.05, 3.63) is 46.5 Å². The predicted octanol–water partition coefficient (Wildman–Crippen LogP) is 5.48. The number of hydrogen-bond donors (Lipinski definition) is 1. The Morgan fingerprint density at radius 2 is 1.91 bits per heavy atom. The molecule has 4 aliphatic heterocycles. The predicted molar refractivity (Wildman–Crippen MR) is 243 cm³/mol. The van der Waals surface area contributed by atoms with E-state index in [1.807, 2.05) is 33.8 Å². The summed E-state index contributed by atoms with van der Waals surface area (Å²) in [4.78, 5) is 98.0. The number of benzene rings is 1. The van der Waals surface area contributed by atoms with Crippen LogP contribution in [0.4, 0.5) is 10.5 Å². The first kappa shape index (κ1) is 50.3. The summed E-state index contributed by atoms with van der Waals surface area (Å²) in [5, 5.41) is 2.30. The topological polar surface area (TPSA) is 181 Å². The lowest BCUT2D eigenvalue weighted by atomic mass is 9.76. The minimum atomic E-state index is -1.49. The number of likely N-dealkylation sites (tertiary alicyclic amines) is 1. The summed E-state index contributed by atoms with van der Waals surface area (Å²) in [6, 6.07) is 2.08. The first-order valence-corrected chi connectivity index (χ1v) is 23.1. The summed E-state index contributed by atoms with van der Waals surface area (Å²) in [5.41, 5.74) is -0.540. The van der Waals surface area contributed by atoms with Gasteiger partial charge in [0, 0.05) is 76.9 Å². The second kappa shape index (κ2) is 21.1. The molecule has 3 unspecified atom stereocenters. The van der Waals surface area contributed by atoms with Crippen LogP contribution in [0.3, 0.4) is 0 Å². The number of alkyl carbamates (subject to hydrolysis) is 1. The number of epoxide rings is 1. The first-order valence-electron chi connectivity index (χ1n) is 21.6. The van der Waals surface area contributed by atoms with Crippen molar-refractivity contribution >= 4 is 70.8 Å². The minimum absolute atomic E-state index is 0.0338. The number of Topliss-reactive ketones (excluding diaryl/α,β-unsaturated/α-hetero) is 1. The minimum Gasteiger partial charge on any atom is -0.495 e. The molecule has 1 aromatic rings. The van der Waals surface area contributed by atoms with Crippen molar-refractivity contribution in [3.63, 3.8) is 0 Å². The van der Waals surface area contributed by atoms with E-state index in [1.165, 1.54) is 47.7 Å². The van der Waals surface area contributed by atoms with Gasteiger partial charge >= 0.3 is 6.09 Å².